The molecule has 4 nitrogen and oxygen atoms in total. The van der Waals surface area contributed by atoms with Gasteiger partial charge in [-0.3, -0.25) is 4.84 Å². The third-order valence-electron chi connectivity index (χ3n) is 2.32. The molecule has 0 amide bonds. The minimum atomic E-state index is -0.148. The Morgan fingerprint density at radius 3 is 2.87 bits per heavy atom. The van der Waals surface area contributed by atoms with Crippen molar-refractivity contribution >= 4 is 0 Å². The van der Waals surface area contributed by atoms with Crippen LogP contribution in [0.5, 0.6) is 0 Å². The SMILES string of the molecule is CC(C)(C)ONCc1cncn1C1CC1. The molecule has 1 aliphatic carbocycles. The van der Waals surface area contributed by atoms with Crippen LogP contribution in [0.25, 0.3) is 0 Å². The predicted octanol–water partition coefficient (Wildman–Crippen LogP) is 2.04. The van der Waals surface area contributed by atoms with Gasteiger partial charge in [0.05, 0.1) is 24.2 Å². The molecule has 0 spiro atoms. The summed E-state index contributed by atoms with van der Waals surface area (Å²) in [6.45, 7) is 6.79. The average molecular weight is 209 g/mol. The maximum Gasteiger partial charge on any atom is 0.0951 e. The van der Waals surface area contributed by atoms with Crippen LogP contribution in [0.1, 0.15) is 45.3 Å². The minimum absolute atomic E-state index is 0.148. The van der Waals surface area contributed by atoms with Crippen LogP contribution in [0.2, 0.25) is 0 Å². The van der Waals surface area contributed by atoms with Crippen molar-refractivity contribution in [3.63, 3.8) is 0 Å². The van der Waals surface area contributed by atoms with Gasteiger partial charge in [-0.05, 0) is 33.6 Å². The van der Waals surface area contributed by atoms with Crippen molar-refractivity contribution in [1.29, 1.82) is 0 Å². The van der Waals surface area contributed by atoms with E-state index in [1.807, 2.05) is 33.3 Å². The summed E-state index contributed by atoms with van der Waals surface area (Å²) in [6.07, 6.45) is 6.37. The van der Waals surface area contributed by atoms with Crippen molar-refractivity contribution in [2.45, 2.75) is 51.8 Å². The van der Waals surface area contributed by atoms with E-state index in [1.165, 1.54) is 18.5 Å². The number of hydroxylamine groups is 1. The monoisotopic (exact) mass is 209 g/mol. The Balaban J connectivity index is 1.85. The smallest absolute Gasteiger partial charge is 0.0951 e. The van der Waals surface area contributed by atoms with Gasteiger partial charge in [0.1, 0.15) is 0 Å². The standard InChI is InChI=1S/C11H19N3O/c1-11(2,3)15-13-7-10-6-12-8-14(10)9-4-5-9/h6,8-9,13H,4-5,7H2,1-3H3. The molecule has 0 unspecified atom stereocenters. The van der Waals surface area contributed by atoms with Crippen molar-refractivity contribution in [3.05, 3.63) is 18.2 Å². The number of aromatic nitrogens is 2. The van der Waals surface area contributed by atoms with E-state index in [9.17, 15) is 0 Å². The van der Waals surface area contributed by atoms with Crippen molar-refractivity contribution in [1.82, 2.24) is 15.0 Å². The van der Waals surface area contributed by atoms with Crippen LogP contribution in [-0.4, -0.2) is 15.2 Å². The van der Waals surface area contributed by atoms with Crippen molar-refractivity contribution in [3.8, 4) is 0 Å². The first-order chi connectivity index (χ1) is 7.06. The Hall–Kier alpha value is -0.870. The van der Waals surface area contributed by atoms with Crippen molar-refractivity contribution < 1.29 is 4.84 Å². The van der Waals surface area contributed by atoms with Gasteiger partial charge in [-0.2, -0.15) is 5.48 Å². The molecule has 0 radical (unpaired) electrons. The largest absolute Gasteiger partial charge is 0.330 e. The summed E-state index contributed by atoms with van der Waals surface area (Å²) in [7, 11) is 0. The van der Waals surface area contributed by atoms with Crippen LogP contribution in [0, 0.1) is 0 Å². The number of hydrogen-bond donors (Lipinski definition) is 1. The topological polar surface area (TPSA) is 39.1 Å². The Morgan fingerprint density at radius 2 is 2.27 bits per heavy atom. The summed E-state index contributed by atoms with van der Waals surface area (Å²) < 4.78 is 2.24. The van der Waals surface area contributed by atoms with E-state index >= 15 is 0 Å². The molecule has 1 aliphatic rings. The zero-order valence-corrected chi connectivity index (χ0v) is 9.66. The predicted molar refractivity (Wildman–Crippen MR) is 58.2 cm³/mol. The molecule has 1 heterocycles. The molecule has 4 heteroatoms. The Morgan fingerprint density at radius 1 is 1.53 bits per heavy atom. The molecule has 0 aliphatic heterocycles. The van der Waals surface area contributed by atoms with E-state index in [0.29, 0.717) is 12.6 Å². The molecule has 2 rings (SSSR count). The lowest BCUT2D eigenvalue weighted by Gasteiger charge is -2.19. The summed E-state index contributed by atoms with van der Waals surface area (Å²) in [6, 6.07) is 0.680. The lowest BCUT2D eigenvalue weighted by molar-refractivity contribution is -0.0764. The first-order valence-electron chi connectivity index (χ1n) is 5.48. The highest BCUT2D eigenvalue weighted by molar-refractivity contribution is 5.02. The van der Waals surface area contributed by atoms with Gasteiger partial charge in [0, 0.05) is 12.2 Å². The molecule has 84 valence electrons. The zero-order valence-electron chi connectivity index (χ0n) is 9.66. The van der Waals surface area contributed by atoms with Crippen LogP contribution >= 0.6 is 0 Å². The zero-order chi connectivity index (χ0) is 10.9. The molecule has 0 atom stereocenters. The van der Waals surface area contributed by atoms with E-state index in [2.05, 4.69) is 15.0 Å². The van der Waals surface area contributed by atoms with Crippen molar-refractivity contribution in [2.24, 2.45) is 0 Å². The number of nitrogens with zero attached hydrogens (tertiary/aromatic N) is 2. The van der Waals surface area contributed by atoms with Crippen molar-refractivity contribution in [2.75, 3.05) is 0 Å². The summed E-state index contributed by atoms with van der Waals surface area (Å²) in [4.78, 5) is 9.63. The van der Waals surface area contributed by atoms with Crippen LogP contribution in [0.4, 0.5) is 0 Å². The fourth-order valence-electron chi connectivity index (χ4n) is 1.48. The molecular weight excluding hydrogens is 190 g/mol. The molecule has 1 aromatic rings. The van der Waals surface area contributed by atoms with Crippen LogP contribution in [-0.2, 0) is 11.4 Å². The van der Waals surface area contributed by atoms with Crippen LogP contribution in [0.15, 0.2) is 12.5 Å². The lowest BCUT2D eigenvalue weighted by atomic mass is 10.2. The van der Waals surface area contributed by atoms with Gasteiger partial charge < -0.3 is 4.57 Å². The fraction of sp³-hybridized carbons (Fsp3) is 0.727. The maximum absolute atomic E-state index is 5.47. The second-order valence-corrected chi connectivity index (χ2v) is 5.06. The van der Waals surface area contributed by atoms with Gasteiger partial charge in [-0.1, -0.05) is 0 Å². The molecule has 0 bridgehead atoms. The Bertz CT molecular complexity index is 323. The summed E-state index contributed by atoms with van der Waals surface area (Å²) in [5.41, 5.74) is 4.04. The average Bonchev–Trinajstić information content (AvgIpc) is 2.86. The van der Waals surface area contributed by atoms with E-state index in [-0.39, 0.29) is 5.60 Å². The quantitative estimate of drug-likeness (QED) is 0.771. The second kappa shape index (κ2) is 3.94. The van der Waals surface area contributed by atoms with Gasteiger partial charge in [0.2, 0.25) is 0 Å². The van der Waals surface area contributed by atoms with Gasteiger partial charge in [0.15, 0.2) is 0 Å². The van der Waals surface area contributed by atoms with Crippen LogP contribution < -0.4 is 5.48 Å². The number of hydrogen-bond acceptors (Lipinski definition) is 3. The number of imidazole rings is 1. The highest BCUT2D eigenvalue weighted by Crippen LogP contribution is 2.35. The third-order valence-corrected chi connectivity index (χ3v) is 2.32. The first-order valence-corrected chi connectivity index (χ1v) is 5.48. The molecule has 1 N–H and O–H groups in total. The van der Waals surface area contributed by atoms with E-state index in [0.717, 1.165) is 0 Å². The summed E-state index contributed by atoms with van der Waals surface area (Å²) >= 11 is 0. The molecule has 0 aromatic carbocycles. The fourth-order valence-corrected chi connectivity index (χ4v) is 1.48. The van der Waals surface area contributed by atoms with E-state index in [4.69, 9.17) is 4.84 Å². The highest BCUT2D eigenvalue weighted by Gasteiger charge is 2.25. The summed E-state index contributed by atoms with van der Waals surface area (Å²) in [5.74, 6) is 0. The minimum Gasteiger partial charge on any atom is -0.330 e. The normalized spacial score (nSPS) is 17.0. The Kier molecular flexibility index (Phi) is 2.80. The lowest BCUT2D eigenvalue weighted by Crippen LogP contribution is -2.29. The molecule has 0 saturated heterocycles. The van der Waals surface area contributed by atoms with Crippen LogP contribution in [0.3, 0.4) is 0 Å². The highest BCUT2D eigenvalue weighted by atomic mass is 16.7. The van der Waals surface area contributed by atoms with Gasteiger partial charge >= 0.3 is 0 Å². The summed E-state index contributed by atoms with van der Waals surface area (Å²) in [5, 5.41) is 0. The molecular formula is C11H19N3O. The molecule has 1 saturated carbocycles. The van der Waals surface area contributed by atoms with Gasteiger partial charge in [-0.25, -0.2) is 4.98 Å². The maximum atomic E-state index is 5.47. The molecule has 1 fully saturated rings. The Labute approximate surface area is 90.6 Å². The number of nitrogens with one attached hydrogen (secondary N) is 1. The van der Waals surface area contributed by atoms with Gasteiger partial charge in [0.25, 0.3) is 0 Å². The van der Waals surface area contributed by atoms with Gasteiger partial charge in [-0.15, -0.1) is 0 Å². The first kappa shape index (κ1) is 10.6. The molecule has 15 heavy (non-hydrogen) atoms. The third kappa shape index (κ3) is 3.04. The number of rotatable bonds is 4. The van der Waals surface area contributed by atoms with E-state index in [1.54, 1.807) is 0 Å². The second-order valence-electron chi connectivity index (χ2n) is 5.06. The van der Waals surface area contributed by atoms with E-state index < -0.39 is 0 Å². The molecule has 1 aromatic heterocycles.